The van der Waals surface area contributed by atoms with Gasteiger partial charge in [0.15, 0.2) is 0 Å². The van der Waals surface area contributed by atoms with E-state index in [9.17, 15) is 9.90 Å². The number of carbonyl (C=O) groups is 1. The molecule has 190 valence electrons. The van der Waals surface area contributed by atoms with Crippen LogP contribution in [0.25, 0.3) is 11.1 Å². The van der Waals surface area contributed by atoms with Crippen molar-refractivity contribution in [3.63, 3.8) is 0 Å². The van der Waals surface area contributed by atoms with Gasteiger partial charge in [-0.05, 0) is 78.3 Å². The third kappa shape index (κ3) is 5.67. The predicted molar refractivity (Wildman–Crippen MR) is 142 cm³/mol. The fourth-order valence-corrected chi connectivity index (χ4v) is 5.13. The van der Waals surface area contributed by atoms with E-state index in [0.717, 1.165) is 71.6 Å². The van der Waals surface area contributed by atoms with Gasteiger partial charge in [-0.2, -0.15) is 0 Å². The number of hydrogen-bond donors (Lipinski definition) is 1. The number of ether oxygens (including phenoxy) is 3. The normalized spacial score (nSPS) is 16.4. The first-order chi connectivity index (χ1) is 17.5. The van der Waals surface area contributed by atoms with E-state index in [1.807, 2.05) is 24.3 Å². The number of benzene rings is 3. The third-order valence-corrected chi connectivity index (χ3v) is 7.28. The van der Waals surface area contributed by atoms with Gasteiger partial charge in [-0.1, -0.05) is 50.6 Å². The van der Waals surface area contributed by atoms with Gasteiger partial charge in [-0.3, -0.25) is 4.79 Å². The van der Waals surface area contributed by atoms with Crippen LogP contribution in [0.3, 0.4) is 0 Å². The van der Waals surface area contributed by atoms with Gasteiger partial charge in [0.1, 0.15) is 23.9 Å². The first-order valence-electron chi connectivity index (χ1n) is 12.9. The molecular formula is C31H36O5. The van der Waals surface area contributed by atoms with Crippen LogP contribution in [0, 0.1) is 0 Å². The molecule has 36 heavy (non-hydrogen) atoms. The Hall–Kier alpha value is -3.47. The Morgan fingerprint density at radius 1 is 1.00 bits per heavy atom. The maximum absolute atomic E-state index is 11.6. The Kier molecular flexibility index (Phi) is 8.19. The largest absolute Gasteiger partial charge is 0.497 e. The number of fused-ring (bicyclic) bond motifs is 1. The molecule has 0 unspecified atom stereocenters. The molecule has 0 spiro atoms. The number of rotatable bonds is 12. The highest BCUT2D eigenvalue weighted by Gasteiger charge is 2.39. The summed E-state index contributed by atoms with van der Waals surface area (Å²) in [6.45, 7) is 5.29. The SMILES string of the molecule is CCCCOc1cc(COc2ccc3c(c2)[C@](CC)(CC(=O)O)CC3)ccc1-c1cccc(OC)c1. The van der Waals surface area contributed by atoms with Gasteiger partial charge in [0, 0.05) is 11.0 Å². The van der Waals surface area contributed by atoms with Gasteiger partial charge in [-0.15, -0.1) is 0 Å². The van der Waals surface area contributed by atoms with E-state index in [0.29, 0.717) is 13.2 Å². The van der Waals surface area contributed by atoms with E-state index in [2.05, 4.69) is 50.2 Å². The average Bonchev–Trinajstić information content (AvgIpc) is 3.25. The van der Waals surface area contributed by atoms with Crippen LogP contribution in [-0.4, -0.2) is 24.8 Å². The van der Waals surface area contributed by atoms with Crippen LogP contribution in [-0.2, 0) is 23.2 Å². The minimum atomic E-state index is -0.747. The molecule has 5 heteroatoms. The fraction of sp³-hybridized carbons (Fsp3) is 0.387. The molecule has 0 radical (unpaired) electrons. The number of unbranched alkanes of at least 4 members (excludes halogenated alkanes) is 1. The molecule has 0 saturated heterocycles. The van der Waals surface area contributed by atoms with Crippen molar-refractivity contribution in [1.82, 2.24) is 0 Å². The molecule has 4 rings (SSSR count). The minimum Gasteiger partial charge on any atom is -0.497 e. The number of aryl methyl sites for hydroxylation is 1. The summed E-state index contributed by atoms with van der Waals surface area (Å²) >= 11 is 0. The number of methoxy groups -OCH3 is 1. The Labute approximate surface area is 214 Å². The lowest BCUT2D eigenvalue weighted by molar-refractivity contribution is -0.138. The Morgan fingerprint density at radius 2 is 1.86 bits per heavy atom. The maximum Gasteiger partial charge on any atom is 0.304 e. The van der Waals surface area contributed by atoms with Crippen LogP contribution in [0.5, 0.6) is 17.2 Å². The highest BCUT2D eigenvalue weighted by Crippen LogP contribution is 2.45. The number of carboxylic acids is 1. The lowest BCUT2D eigenvalue weighted by Gasteiger charge is -2.27. The summed E-state index contributed by atoms with van der Waals surface area (Å²) in [7, 11) is 1.67. The van der Waals surface area contributed by atoms with E-state index >= 15 is 0 Å². The molecule has 0 bridgehead atoms. The van der Waals surface area contributed by atoms with E-state index in [1.54, 1.807) is 7.11 Å². The molecule has 0 aliphatic heterocycles. The highest BCUT2D eigenvalue weighted by molar-refractivity contribution is 5.72. The summed E-state index contributed by atoms with van der Waals surface area (Å²) in [5, 5.41) is 9.50. The Morgan fingerprint density at radius 3 is 2.61 bits per heavy atom. The second kappa shape index (κ2) is 11.5. The lowest BCUT2D eigenvalue weighted by Crippen LogP contribution is -2.25. The van der Waals surface area contributed by atoms with Gasteiger partial charge in [-0.25, -0.2) is 0 Å². The summed E-state index contributed by atoms with van der Waals surface area (Å²) in [5.74, 6) is 1.66. The smallest absolute Gasteiger partial charge is 0.304 e. The van der Waals surface area contributed by atoms with Crippen molar-refractivity contribution in [2.45, 2.75) is 64.4 Å². The van der Waals surface area contributed by atoms with Crippen molar-refractivity contribution >= 4 is 5.97 Å². The highest BCUT2D eigenvalue weighted by atomic mass is 16.5. The van der Waals surface area contributed by atoms with Crippen LogP contribution in [0.1, 0.15) is 62.6 Å². The molecule has 0 saturated carbocycles. The molecule has 1 aliphatic rings. The van der Waals surface area contributed by atoms with Crippen molar-refractivity contribution in [3.8, 4) is 28.4 Å². The quantitative estimate of drug-likeness (QED) is 0.273. The fourth-order valence-electron chi connectivity index (χ4n) is 5.13. The zero-order valence-electron chi connectivity index (χ0n) is 21.5. The molecule has 5 nitrogen and oxygen atoms in total. The summed E-state index contributed by atoms with van der Waals surface area (Å²) < 4.78 is 17.8. The van der Waals surface area contributed by atoms with Gasteiger partial charge in [0.25, 0.3) is 0 Å². The second-order valence-electron chi connectivity index (χ2n) is 9.58. The molecule has 1 atom stereocenters. The first-order valence-corrected chi connectivity index (χ1v) is 12.9. The minimum absolute atomic E-state index is 0.157. The zero-order valence-corrected chi connectivity index (χ0v) is 21.5. The van der Waals surface area contributed by atoms with Crippen LogP contribution < -0.4 is 14.2 Å². The van der Waals surface area contributed by atoms with Crippen LogP contribution in [0.15, 0.2) is 60.7 Å². The number of aliphatic carboxylic acids is 1. The number of carboxylic acid groups (broad SMARTS) is 1. The van der Waals surface area contributed by atoms with Crippen molar-refractivity contribution in [3.05, 3.63) is 77.4 Å². The monoisotopic (exact) mass is 488 g/mol. The summed E-state index contributed by atoms with van der Waals surface area (Å²) in [6, 6.07) is 20.3. The van der Waals surface area contributed by atoms with Crippen molar-refractivity contribution in [2.75, 3.05) is 13.7 Å². The molecule has 0 fully saturated rings. The van der Waals surface area contributed by atoms with E-state index < -0.39 is 5.97 Å². The average molecular weight is 489 g/mol. The zero-order chi connectivity index (χ0) is 25.5. The third-order valence-electron chi connectivity index (χ3n) is 7.28. The van der Waals surface area contributed by atoms with Gasteiger partial charge >= 0.3 is 5.97 Å². The van der Waals surface area contributed by atoms with E-state index in [-0.39, 0.29) is 11.8 Å². The maximum atomic E-state index is 11.6. The van der Waals surface area contributed by atoms with Gasteiger partial charge in [0.2, 0.25) is 0 Å². The standard InChI is InChI=1S/C31H36O5/c1-4-6-16-35-29-17-22(10-13-27(29)24-8-7-9-25(18-24)34-3)21-36-26-12-11-23-14-15-31(5-2,20-30(32)33)28(23)19-26/h7-13,17-19H,4-6,14-16,20-21H2,1-3H3,(H,32,33)/t31-/m0/s1. The van der Waals surface area contributed by atoms with E-state index in [1.165, 1.54) is 5.56 Å². The van der Waals surface area contributed by atoms with Crippen LogP contribution in [0.2, 0.25) is 0 Å². The number of hydrogen-bond acceptors (Lipinski definition) is 4. The topological polar surface area (TPSA) is 65.0 Å². The van der Waals surface area contributed by atoms with Crippen molar-refractivity contribution in [2.24, 2.45) is 0 Å². The Balaban J connectivity index is 1.55. The van der Waals surface area contributed by atoms with Gasteiger partial charge in [0.05, 0.1) is 20.1 Å². The van der Waals surface area contributed by atoms with Crippen molar-refractivity contribution in [1.29, 1.82) is 0 Å². The molecule has 1 aliphatic carbocycles. The second-order valence-corrected chi connectivity index (χ2v) is 9.58. The van der Waals surface area contributed by atoms with Crippen LogP contribution >= 0.6 is 0 Å². The van der Waals surface area contributed by atoms with Crippen molar-refractivity contribution < 1.29 is 24.1 Å². The first kappa shape index (κ1) is 25.6. The molecule has 0 heterocycles. The molecule has 1 N–H and O–H groups in total. The molecule has 0 aromatic heterocycles. The van der Waals surface area contributed by atoms with E-state index in [4.69, 9.17) is 14.2 Å². The summed E-state index contributed by atoms with van der Waals surface area (Å²) in [5.41, 5.74) is 5.13. The molecular weight excluding hydrogens is 452 g/mol. The van der Waals surface area contributed by atoms with Crippen LogP contribution in [0.4, 0.5) is 0 Å². The Bertz CT molecular complexity index is 1200. The summed E-state index contributed by atoms with van der Waals surface area (Å²) in [6.07, 6.45) is 4.81. The lowest BCUT2D eigenvalue weighted by atomic mass is 9.76. The molecule has 3 aromatic carbocycles. The molecule has 0 amide bonds. The summed E-state index contributed by atoms with van der Waals surface area (Å²) in [4.78, 5) is 11.6. The predicted octanol–water partition coefficient (Wildman–Crippen LogP) is 7.19. The molecule has 3 aromatic rings. The van der Waals surface area contributed by atoms with Gasteiger partial charge < -0.3 is 19.3 Å².